The molecule has 2 aromatic heterocycles. The highest BCUT2D eigenvalue weighted by Crippen LogP contribution is 2.42. The standard InChI is InChI=1S/C23H22F2N4S/c1-13-16-12-29(22-14(2)30-23(28-22)15-5-4-9-26-11-15)10-8-19(16)27-21(13)20-17(24)6-3-7-18(20)25/h3-7,9,11,23,27-28H,8,10,12H2,1-2H3. The SMILES string of the molecule is CC1=C(N2CCc3[nH]c(-c4c(F)cccc4F)c(C)c3C2)NC(c2cccnc2)S1. The minimum Gasteiger partial charge on any atom is -0.358 e. The van der Waals surface area contributed by atoms with Gasteiger partial charge in [-0.3, -0.25) is 4.98 Å². The van der Waals surface area contributed by atoms with Gasteiger partial charge in [-0.25, -0.2) is 8.78 Å². The molecule has 7 heteroatoms. The summed E-state index contributed by atoms with van der Waals surface area (Å²) < 4.78 is 28.7. The zero-order valence-corrected chi connectivity index (χ0v) is 17.6. The van der Waals surface area contributed by atoms with Gasteiger partial charge < -0.3 is 15.2 Å². The largest absolute Gasteiger partial charge is 0.358 e. The second kappa shape index (κ2) is 7.47. The number of nitrogens with one attached hydrogen (secondary N) is 2. The molecule has 0 saturated carbocycles. The number of H-pyrrole nitrogens is 1. The van der Waals surface area contributed by atoms with Crippen LogP contribution in [0.2, 0.25) is 0 Å². The van der Waals surface area contributed by atoms with Crippen molar-refractivity contribution in [3.63, 3.8) is 0 Å². The Morgan fingerprint density at radius 1 is 1.13 bits per heavy atom. The topological polar surface area (TPSA) is 44.0 Å². The Bertz CT molecular complexity index is 1120. The van der Waals surface area contributed by atoms with Gasteiger partial charge in [0.1, 0.15) is 22.8 Å². The predicted octanol–water partition coefficient (Wildman–Crippen LogP) is 5.25. The van der Waals surface area contributed by atoms with Crippen LogP contribution >= 0.6 is 11.8 Å². The van der Waals surface area contributed by atoms with Crippen molar-refractivity contribution in [2.24, 2.45) is 0 Å². The maximum atomic E-state index is 14.4. The van der Waals surface area contributed by atoms with Crippen LogP contribution in [0.5, 0.6) is 0 Å². The lowest BCUT2D eigenvalue weighted by molar-refractivity contribution is 0.297. The highest BCUT2D eigenvalue weighted by molar-refractivity contribution is 8.03. The zero-order valence-electron chi connectivity index (χ0n) is 16.8. The summed E-state index contributed by atoms with van der Waals surface area (Å²) in [4.78, 5) is 11.1. The van der Waals surface area contributed by atoms with Crippen LogP contribution in [0.15, 0.2) is 53.5 Å². The van der Waals surface area contributed by atoms with Gasteiger partial charge in [-0.1, -0.05) is 23.9 Å². The van der Waals surface area contributed by atoms with Crippen molar-refractivity contribution in [2.45, 2.75) is 32.2 Å². The molecule has 3 aromatic rings. The normalized spacial score (nSPS) is 18.5. The summed E-state index contributed by atoms with van der Waals surface area (Å²) in [6, 6.07) is 8.02. The number of fused-ring (bicyclic) bond motifs is 1. The summed E-state index contributed by atoms with van der Waals surface area (Å²) in [7, 11) is 0. The Labute approximate surface area is 178 Å². The molecule has 0 saturated heterocycles. The van der Waals surface area contributed by atoms with E-state index < -0.39 is 11.6 Å². The van der Waals surface area contributed by atoms with Gasteiger partial charge in [0.15, 0.2) is 0 Å². The van der Waals surface area contributed by atoms with Crippen LogP contribution in [0.3, 0.4) is 0 Å². The number of nitrogens with zero attached hydrogens (tertiary/aromatic N) is 2. The molecule has 1 aromatic carbocycles. The van der Waals surface area contributed by atoms with Crippen molar-refractivity contribution >= 4 is 11.8 Å². The summed E-state index contributed by atoms with van der Waals surface area (Å²) in [6.45, 7) is 5.61. The number of halogens is 2. The number of aromatic nitrogens is 2. The number of allylic oxidation sites excluding steroid dienone is 1. The number of aromatic amines is 1. The zero-order chi connectivity index (χ0) is 20.8. The number of thioether (sulfide) groups is 1. The quantitative estimate of drug-likeness (QED) is 0.603. The third-order valence-electron chi connectivity index (χ3n) is 5.86. The lowest BCUT2D eigenvalue weighted by Crippen LogP contribution is -2.35. The van der Waals surface area contributed by atoms with Crippen molar-refractivity contribution in [1.82, 2.24) is 20.2 Å². The van der Waals surface area contributed by atoms with Crippen molar-refractivity contribution in [2.75, 3.05) is 6.54 Å². The van der Waals surface area contributed by atoms with Gasteiger partial charge >= 0.3 is 0 Å². The Morgan fingerprint density at radius 2 is 1.93 bits per heavy atom. The molecule has 2 aliphatic heterocycles. The van der Waals surface area contributed by atoms with Gasteiger partial charge in [0.25, 0.3) is 0 Å². The van der Waals surface area contributed by atoms with E-state index in [0.717, 1.165) is 41.2 Å². The Balaban J connectivity index is 1.42. The molecule has 0 fully saturated rings. The first-order chi connectivity index (χ1) is 14.5. The fourth-order valence-corrected chi connectivity index (χ4v) is 5.40. The van der Waals surface area contributed by atoms with Gasteiger partial charge in [-0.15, -0.1) is 0 Å². The van der Waals surface area contributed by atoms with Crippen LogP contribution in [0, 0.1) is 18.6 Å². The molecule has 4 heterocycles. The van der Waals surface area contributed by atoms with Crippen molar-refractivity contribution in [3.05, 3.63) is 87.5 Å². The van der Waals surface area contributed by atoms with Gasteiger partial charge in [0.2, 0.25) is 0 Å². The molecule has 0 bridgehead atoms. The summed E-state index contributed by atoms with van der Waals surface area (Å²) >= 11 is 1.79. The molecule has 2 N–H and O–H groups in total. The van der Waals surface area contributed by atoms with Crippen LogP contribution in [0.4, 0.5) is 8.78 Å². The number of rotatable bonds is 3. The van der Waals surface area contributed by atoms with Gasteiger partial charge in [0.05, 0.1) is 11.3 Å². The predicted molar refractivity (Wildman–Crippen MR) is 115 cm³/mol. The summed E-state index contributed by atoms with van der Waals surface area (Å²) in [5.41, 5.74) is 4.81. The average molecular weight is 425 g/mol. The molecule has 2 aliphatic rings. The minimum atomic E-state index is -0.541. The summed E-state index contributed by atoms with van der Waals surface area (Å²) in [5, 5.41) is 3.78. The first-order valence-electron chi connectivity index (χ1n) is 9.96. The third-order valence-corrected chi connectivity index (χ3v) is 7.03. The van der Waals surface area contributed by atoms with Gasteiger partial charge in [-0.05, 0) is 43.2 Å². The first-order valence-corrected chi connectivity index (χ1v) is 10.8. The van der Waals surface area contributed by atoms with Crippen molar-refractivity contribution in [3.8, 4) is 11.3 Å². The fourth-order valence-electron chi connectivity index (χ4n) is 4.30. The van der Waals surface area contributed by atoms with Gasteiger partial charge in [-0.2, -0.15) is 0 Å². The molecule has 5 rings (SSSR count). The van der Waals surface area contributed by atoms with Crippen LogP contribution in [0.25, 0.3) is 11.3 Å². The van der Waals surface area contributed by atoms with Crippen LogP contribution in [-0.4, -0.2) is 21.4 Å². The maximum Gasteiger partial charge on any atom is 0.135 e. The lowest BCUT2D eigenvalue weighted by atomic mass is 10.0. The molecule has 30 heavy (non-hydrogen) atoms. The van der Waals surface area contributed by atoms with E-state index in [1.165, 1.54) is 23.1 Å². The first kappa shape index (κ1) is 19.2. The monoisotopic (exact) mass is 424 g/mol. The Kier molecular flexibility index (Phi) is 4.77. The molecular weight excluding hydrogens is 402 g/mol. The molecular formula is C23H22F2N4S. The molecule has 4 nitrogen and oxygen atoms in total. The summed E-state index contributed by atoms with van der Waals surface area (Å²) in [6.07, 6.45) is 4.47. The van der Waals surface area contributed by atoms with Crippen LogP contribution < -0.4 is 5.32 Å². The molecule has 0 spiro atoms. The summed E-state index contributed by atoms with van der Waals surface area (Å²) in [5.74, 6) is 0.0410. The van der Waals surface area contributed by atoms with E-state index in [4.69, 9.17) is 0 Å². The third kappa shape index (κ3) is 3.17. The minimum absolute atomic E-state index is 0.0255. The van der Waals surface area contributed by atoms with E-state index in [-0.39, 0.29) is 10.9 Å². The second-order valence-electron chi connectivity index (χ2n) is 7.68. The number of benzene rings is 1. The van der Waals surface area contributed by atoms with Crippen LogP contribution in [-0.2, 0) is 13.0 Å². The second-order valence-corrected chi connectivity index (χ2v) is 9.00. The fraction of sp³-hybridized carbons (Fsp3) is 0.261. The smallest absolute Gasteiger partial charge is 0.135 e. The van der Waals surface area contributed by atoms with Gasteiger partial charge in [0, 0.05) is 48.1 Å². The number of hydrogen-bond donors (Lipinski definition) is 2. The van der Waals surface area contributed by atoms with E-state index in [2.05, 4.69) is 33.2 Å². The molecule has 154 valence electrons. The molecule has 0 radical (unpaired) electrons. The van der Waals surface area contributed by atoms with Crippen molar-refractivity contribution < 1.29 is 8.78 Å². The Morgan fingerprint density at radius 3 is 2.67 bits per heavy atom. The molecule has 0 aliphatic carbocycles. The highest BCUT2D eigenvalue weighted by atomic mass is 32.2. The average Bonchev–Trinajstić information content (AvgIpc) is 3.29. The lowest BCUT2D eigenvalue weighted by Gasteiger charge is -2.31. The molecule has 1 unspecified atom stereocenters. The van der Waals surface area contributed by atoms with Crippen LogP contribution in [0.1, 0.15) is 34.7 Å². The van der Waals surface area contributed by atoms with E-state index in [1.807, 2.05) is 19.2 Å². The van der Waals surface area contributed by atoms with E-state index >= 15 is 0 Å². The molecule has 1 atom stereocenters. The maximum absolute atomic E-state index is 14.4. The number of pyridine rings is 1. The molecule has 0 amide bonds. The van der Waals surface area contributed by atoms with Crippen molar-refractivity contribution in [1.29, 1.82) is 0 Å². The Hall–Kier alpha value is -2.80. The highest BCUT2D eigenvalue weighted by Gasteiger charge is 2.31. The van der Waals surface area contributed by atoms with E-state index in [9.17, 15) is 8.78 Å². The number of hydrogen-bond acceptors (Lipinski definition) is 4. The van der Waals surface area contributed by atoms with E-state index in [1.54, 1.807) is 18.0 Å². The van der Waals surface area contributed by atoms with E-state index in [0.29, 0.717) is 12.2 Å².